The van der Waals surface area contributed by atoms with E-state index in [2.05, 4.69) is 15.5 Å². The first-order chi connectivity index (χ1) is 12.9. The number of halogens is 2. The number of anilines is 1. The van der Waals surface area contributed by atoms with Gasteiger partial charge in [0.1, 0.15) is 10.8 Å². The summed E-state index contributed by atoms with van der Waals surface area (Å²) in [4.78, 5) is 30.4. The first-order valence-corrected chi connectivity index (χ1v) is 9.25. The Balaban J connectivity index is 1.59. The van der Waals surface area contributed by atoms with Crippen molar-refractivity contribution >= 4 is 29.4 Å². The van der Waals surface area contributed by atoms with E-state index in [0.717, 1.165) is 0 Å². The van der Waals surface area contributed by atoms with Crippen molar-refractivity contribution in [1.82, 2.24) is 15.0 Å². The van der Waals surface area contributed by atoms with Crippen LogP contribution < -0.4 is 5.32 Å². The van der Waals surface area contributed by atoms with E-state index in [-0.39, 0.29) is 40.1 Å². The van der Waals surface area contributed by atoms with Crippen LogP contribution in [0.25, 0.3) is 0 Å². The van der Waals surface area contributed by atoms with E-state index in [0.29, 0.717) is 37.5 Å². The first kappa shape index (κ1) is 19.3. The lowest BCUT2D eigenvalue weighted by atomic mass is 9.95. The molecule has 1 N–H and O–H groups in total. The zero-order valence-electron chi connectivity index (χ0n) is 14.5. The molecule has 27 heavy (non-hydrogen) atoms. The highest BCUT2D eigenvalue weighted by Crippen LogP contribution is 2.28. The minimum atomic E-state index is -2.65. The average Bonchev–Trinajstić information content (AvgIpc) is 3.06. The zero-order chi connectivity index (χ0) is 19.4. The Morgan fingerprint density at radius 1 is 1.37 bits per heavy atom. The van der Waals surface area contributed by atoms with Gasteiger partial charge in [0.25, 0.3) is 11.7 Å². The molecule has 3 heterocycles. The molecule has 3 rings (SSSR count). The third-order valence-corrected chi connectivity index (χ3v) is 4.96. The van der Waals surface area contributed by atoms with E-state index < -0.39 is 5.76 Å². The van der Waals surface area contributed by atoms with Crippen molar-refractivity contribution in [3.63, 3.8) is 0 Å². The third-order valence-electron chi connectivity index (χ3n) is 4.23. The summed E-state index contributed by atoms with van der Waals surface area (Å²) >= 11 is 0.254. The molecule has 0 bridgehead atoms. The van der Waals surface area contributed by atoms with Crippen molar-refractivity contribution in [2.45, 2.75) is 30.5 Å². The van der Waals surface area contributed by atoms with E-state index in [4.69, 9.17) is 4.52 Å². The van der Waals surface area contributed by atoms with Crippen molar-refractivity contribution in [3.8, 4) is 0 Å². The number of piperidine rings is 1. The summed E-state index contributed by atoms with van der Waals surface area (Å²) in [7, 11) is 0. The molecule has 0 atom stereocenters. The molecule has 2 amide bonds. The smallest absolute Gasteiger partial charge is 0.290 e. The van der Waals surface area contributed by atoms with E-state index in [1.54, 1.807) is 24.0 Å². The number of carbonyl (C=O) groups excluding carboxylic acids is 2. The van der Waals surface area contributed by atoms with Crippen molar-refractivity contribution < 1.29 is 22.9 Å². The van der Waals surface area contributed by atoms with Crippen LogP contribution in [0.15, 0.2) is 33.9 Å². The second-order valence-electron chi connectivity index (χ2n) is 6.11. The van der Waals surface area contributed by atoms with Gasteiger partial charge in [0.15, 0.2) is 5.82 Å². The summed E-state index contributed by atoms with van der Waals surface area (Å²) < 4.78 is 30.2. The Morgan fingerprint density at radius 3 is 2.74 bits per heavy atom. The van der Waals surface area contributed by atoms with Crippen LogP contribution in [-0.4, -0.2) is 45.7 Å². The van der Waals surface area contributed by atoms with Gasteiger partial charge in [-0.15, -0.1) is 0 Å². The van der Waals surface area contributed by atoms with Gasteiger partial charge in [0.05, 0.1) is 5.56 Å². The molecule has 0 aliphatic carbocycles. The van der Waals surface area contributed by atoms with Gasteiger partial charge in [-0.25, -0.2) is 4.98 Å². The number of nitrogens with one attached hydrogen (secondary N) is 1. The maximum absolute atomic E-state index is 12.7. The van der Waals surface area contributed by atoms with Crippen LogP contribution in [0.2, 0.25) is 0 Å². The SMILES string of the molecule is Cc1cc(NC(=O)C2CCN(C(=O)c3cccnc3SC(F)F)CC2)no1. The minimum absolute atomic E-state index is 0.0127. The van der Waals surface area contributed by atoms with Crippen molar-refractivity contribution in [3.05, 3.63) is 35.7 Å². The Morgan fingerprint density at radius 2 is 2.11 bits per heavy atom. The van der Waals surface area contributed by atoms with Gasteiger partial charge in [0.2, 0.25) is 5.91 Å². The molecule has 2 aromatic heterocycles. The Hall–Kier alpha value is -2.49. The molecular weight excluding hydrogens is 378 g/mol. The van der Waals surface area contributed by atoms with E-state index in [1.165, 1.54) is 12.3 Å². The predicted octanol–water partition coefficient (Wildman–Crippen LogP) is 3.18. The maximum Gasteiger partial charge on any atom is 0.290 e. The van der Waals surface area contributed by atoms with E-state index in [1.807, 2.05) is 0 Å². The van der Waals surface area contributed by atoms with Gasteiger partial charge >= 0.3 is 0 Å². The quantitative estimate of drug-likeness (QED) is 0.781. The molecule has 1 aliphatic rings. The van der Waals surface area contributed by atoms with Crippen molar-refractivity contribution in [2.24, 2.45) is 5.92 Å². The molecule has 0 saturated carbocycles. The lowest BCUT2D eigenvalue weighted by Gasteiger charge is -2.31. The van der Waals surface area contributed by atoms with Gasteiger partial charge in [-0.2, -0.15) is 8.78 Å². The van der Waals surface area contributed by atoms with E-state index >= 15 is 0 Å². The summed E-state index contributed by atoms with van der Waals surface area (Å²) in [6.07, 6.45) is 2.33. The lowest BCUT2D eigenvalue weighted by molar-refractivity contribution is -0.121. The van der Waals surface area contributed by atoms with Crippen molar-refractivity contribution in [1.29, 1.82) is 0 Å². The summed E-state index contributed by atoms with van der Waals surface area (Å²) in [5.41, 5.74) is 0.156. The number of rotatable bonds is 5. The van der Waals surface area contributed by atoms with Crippen LogP contribution in [0.4, 0.5) is 14.6 Å². The number of hydrogen-bond donors (Lipinski definition) is 1. The molecule has 144 valence electrons. The second-order valence-corrected chi connectivity index (χ2v) is 7.09. The number of alkyl halides is 2. The number of thioether (sulfide) groups is 1. The fourth-order valence-corrected chi connectivity index (χ4v) is 3.47. The number of aromatic nitrogens is 2. The standard InChI is InChI=1S/C17H18F2N4O3S/c1-10-9-13(22-26-10)21-14(24)11-4-7-23(8-5-11)16(25)12-3-2-6-20-15(12)27-17(18)19/h2-3,6,9,11,17H,4-5,7-8H2,1H3,(H,21,22,24). The number of carbonyl (C=O) groups is 2. The topological polar surface area (TPSA) is 88.3 Å². The average molecular weight is 396 g/mol. The number of amides is 2. The van der Waals surface area contributed by atoms with Crippen LogP contribution in [0.1, 0.15) is 29.0 Å². The number of nitrogens with zero attached hydrogens (tertiary/aromatic N) is 3. The van der Waals surface area contributed by atoms with Crippen molar-refractivity contribution in [2.75, 3.05) is 18.4 Å². The molecule has 10 heteroatoms. The van der Waals surface area contributed by atoms with Gasteiger partial charge in [-0.1, -0.05) is 5.16 Å². The van der Waals surface area contributed by atoms with Crippen LogP contribution >= 0.6 is 11.8 Å². The molecule has 0 aromatic carbocycles. The zero-order valence-corrected chi connectivity index (χ0v) is 15.3. The number of aryl methyl sites for hydroxylation is 1. The van der Waals surface area contributed by atoms with Crippen LogP contribution in [-0.2, 0) is 4.79 Å². The highest BCUT2D eigenvalue weighted by Gasteiger charge is 2.29. The summed E-state index contributed by atoms with van der Waals surface area (Å²) in [6, 6.07) is 4.66. The Kier molecular flexibility index (Phi) is 6.04. The molecule has 0 spiro atoms. The largest absolute Gasteiger partial charge is 0.360 e. The third kappa shape index (κ3) is 4.82. The highest BCUT2D eigenvalue weighted by molar-refractivity contribution is 7.99. The second kappa shape index (κ2) is 8.47. The molecule has 0 radical (unpaired) electrons. The molecule has 1 aliphatic heterocycles. The molecule has 2 aromatic rings. The minimum Gasteiger partial charge on any atom is -0.360 e. The van der Waals surface area contributed by atoms with Crippen LogP contribution in [0.3, 0.4) is 0 Å². The fourth-order valence-electron chi connectivity index (χ4n) is 2.90. The Bertz CT molecular complexity index is 822. The fraction of sp³-hybridized carbons (Fsp3) is 0.412. The summed E-state index contributed by atoms with van der Waals surface area (Å²) in [5.74, 6) is -2.47. The lowest BCUT2D eigenvalue weighted by Crippen LogP contribution is -2.41. The van der Waals surface area contributed by atoms with Gasteiger partial charge in [-0.3, -0.25) is 9.59 Å². The molecule has 0 unspecified atom stereocenters. The van der Waals surface area contributed by atoms with Gasteiger partial charge in [-0.05, 0) is 43.7 Å². The first-order valence-electron chi connectivity index (χ1n) is 8.37. The number of pyridine rings is 1. The molecule has 1 saturated heterocycles. The Labute approximate surface area is 158 Å². The van der Waals surface area contributed by atoms with Crippen LogP contribution in [0.5, 0.6) is 0 Å². The predicted molar refractivity (Wildman–Crippen MR) is 94.6 cm³/mol. The van der Waals surface area contributed by atoms with Crippen LogP contribution in [0, 0.1) is 12.8 Å². The molecule has 7 nitrogen and oxygen atoms in total. The molecule has 1 fully saturated rings. The maximum atomic E-state index is 12.7. The van der Waals surface area contributed by atoms with E-state index in [9.17, 15) is 18.4 Å². The van der Waals surface area contributed by atoms with Gasteiger partial charge in [0, 0.05) is 31.3 Å². The highest BCUT2D eigenvalue weighted by atomic mass is 32.2. The monoisotopic (exact) mass is 396 g/mol. The summed E-state index contributed by atoms with van der Waals surface area (Å²) in [6.45, 7) is 2.46. The molecular formula is C17H18F2N4O3S. The van der Waals surface area contributed by atoms with Gasteiger partial charge < -0.3 is 14.7 Å². The summed E-state index contributed by atoms with van der Waals surface area (Å²) in [5, 5.41) is 6.43. The normalized spacial score (nSPS) is 15.2. The number of likely N-dealkylation sites (tertiary alicyclic amines) is 1. The number of hydrogen-bond acceptors (Lipinski definition) is 6.